The normalized spacial score (nSPS) is 18.2. The van der Waals surface area contributed by atoms with Crippen molar-refractivity contribution in [2.24, 2.45) is 5.92 Å². The Kier molecular flexibility index (Phi) is 5.88. The molecular formula is C20H20N4O5S. The molecule has 1 aliphatic heterocycles. The van der Waals surface area contributed by atoms with Gasteiger partial charge in [-0.05, 0) is 42.9 Å². The SMILES string of the molecule is C=C1NC(=S)N[C@@H](c2cc(OC)c(O)c([N+](=O)[O-])c2)[C@@H]1C(=O)Nc1ccc(C)cc1. The van der Waals surface area contributed by atoms with Crippen molar-refractivity contribution in [3.8, 4) is 11.5 Å². The Bertz CT molecular complexity index is 1040. The molecule has 9 nitrogen and oxygen atoms in total. The van der Waals surface area contributed by atoms with Crippen molar-refractivity contribution in [2.75, 3.05) is 12.4 Å². The van der Waals surface area contributed by atoms with Crippen molar-refractivity contribution >= 4 is 34.6 Å². The van der Waals surface area contributed by atoms with E-state index in [1.807, 2.05) is 19.1 Å². The highest BCUT2D eigenvalue weighted by atomic mass is 32.1. The number of nitro groups is 1. The predicted octanol–water partition coefficient (Wildman–Crippen LogP) is 2.90. The van der Waals surface area contributed by atoms with Gasteiger partial charge in [-0.25, -0.2) is 0 Å². The Morgan fingerprint density at radius 3 is 2.60 bits per heavy atom. The quantitative estimate of drug-likeness (QED) is 0.325. The number of phenols is 1. The first-order chi connectivity index (χ1) is 14.2. The van der Waals surface area contributed by atoms with Crippen LogP contribution in [-0.4, -0.2) is 28.2 Å². The van der Waals surface area contributed by atoms with Crippen molar-refractivity contribution in [2.45, 2.75) is 13.0 Å². The van der Waals surface area contributed by atoms with E-state index in [2.05, 4.69) is 22.5 Å². The van der Waals surface area contributed by atoms with Crippen molar-refractivity contribution in [3.05, 3.63) is 69.9 Å². The summed E-state index contributed by atoms with van der Waals surface area (Å²) in [4.78, 5) is 23.7. The van der Waals surface area contributed by atoms with Crippen LogP contribution in [0.15, 0.2) is 48.7 Å². The number of nitrogens with zero attached hydrogens (tertiary/aromatic N) is 1. The van der Waals surface area contributed by atoms with E-state index < -0.39 is 28.3 Å². The first kappa shape index (κ1) is 21.1. The van der Waals surface area contributed by atoms with E-state index in [-0.39, 0.29) is 16.8 Å². The lowest BCUT2D eigenvalue weighted by Gasteiger charge is -2.35. The number of hydrogen-bond acceptors (Lipinski definition) is 6. The highest BCUT2D eigenvalue weighted by molar-refractivity contribution is 7.80. The van der Waals surface area contributed by atoms with Gasteiger partial charge in [-0.3, -0.25) is 14.9 Å². The average Bonchev–Trinajstić information content (AvgIpc) is 2.69. The Balaban J connectivity index is 2.01. The summed E-state index contributed by atoms with van der Waals surface area (Å²) in [7, 11) is 1.28. The summed E-state index contributed by atoms with van der Waals surface area (Å²) in [6.07, 6.45) is 0. The van der Waals surface area contributed by atoms with E-state index in [9.17, 15) is 20.0 Å². The summed E-state index contributed by atoms with van der Waals surface area (Å²) in [5.41, 5.74) is 1.78. The van der Waals surface area contributed by atoms with Crippen LogP contribution in [0.2, 0.25) is 0 Å². The number of carbonyl (C=O) groups excluding carboxylic acids is 1. The first-order valence-electron chi connectivity index (χ1n) is 8.90. The zero-order valence-electron chi connectivity index (χ0n) is 16.3. The molecule has 2 atom stereocenters. The molecule has 30 heavy (non-hydrogen) atoms. The van der Waals surface area contributed by atoms with Crippen LogP contribution in [0.1, 0.15) is 17.2 Å². The number of amides is 1. The molecule has 1 amide bonds. The summed E-state index contributed by atoms with van der Waals surface area (Å²) in [6.45, 7) is 5.84. The summed E-state index contributed by atoms with van der Waals surface area (Å²) in [5.74, 6) is -1.92. The lowest BCUT2D eigenvalue weighted by Crippen LogP contribution is -2.51. The molecule has 0 spiro atoms. The van der Waals surface area contributed by atoms with Gasteiger partial charge in [0.25, 0.3) is 0 Å². The number of aryl methyl sites for hydroxylation is 1. The van der Waals surface area contributed by atoms with Crippen molar-refractivity contribution in [1.82, 2.24) is 10.6 Å². The third kappa shape index (κ3) is 4.18. The number of ether oxygens (including phenoxy) is 1. The van der Waals surface area contributed by atoms with E-state index in [1.165, 1.54) is 19.2 Å². The molecule has 0 aliphatic carbocycles. The highest BCUT2D eigenvalue weighted by Crippen LogP contribution is 2.41. The highest BCUT2D eigenvalue weighted by Gasteiger charge is 2.38. The number of methoxy groups -OCH3 is 1. The van der Waals surface area contributed by atoms with E-state index in [4.69, 9.17) is 17.0 Å². The molecular weight excluding hydrogens is 408 g/mol. The monoisotopic (exact) mass is 428 g/mol. The molecule has 0 bridgehead atoms. The fourth-order valence-corrected chi connectivity index (χ4v) is 3.47. The number of rotatable bonds is 5. The molecule has 10 heteroatoms. The standard InChI is InChI=1S/C20H20N4O5S/c1-10-4-6-13(7-5-10)22-19(26)16-11(2)21-20(30)23-17(16)12-8-14(24(27)28)18(25)15(9-12)29-3/h4-9,16-17,25H,2H2,1,3H3,(H,22,26)(H2,21,23,30)/t16-,17+/m1/s1. The van der Waals surface area contributed by atoms with Gasteiger partial charge in [-0.15, -0.1) is 0 Å². The molecule has 0 saturated carbocycles. The Morgan fingerprint density at radius 2 is 2.00 bits per heavy atom. The number of phenolic OH excluding ortho intramolecular Hbond substituents is 1. The van der Waals surface area contributed by atoms with Gasteiger partial charge >= 0.3 is 5.69 Å². The Morgan fingerprint density at radius 1 is 1.33 bits per heavy atom. The van der Waals surface area contributed by atoms with Gasteiger partial charge in [0, 0.05) is 17.5 Å². The molecule has 0 aromatic heterocycles. The molecule has 3 rings (SSSR count). The third-order valence-corrected chi connectivity index (χ3v) is 4.94. The predicted molar refractivity (Wildman–Crippen MR) is 115 cm³/mol. The zero-order chi connectivity index (χ0) is 22.0. The van der Waals surface area contributed by atoms with Crippen LogP contribution < -0.4 is 20.7 Å². The number of anilines is 1. The van der Waals surface area contributed by atoms with Crippen LogP contribution in [0.25, 0.3) is 0 Å². The molecule has 2 aromatic rings. The van der Waals surface area contributed by atoms with E-state index in [1.54, 1.807) is 12.1 Å². The van der Waals surface area contributed by atoms with E-state index >= 15 is 0 Å². The summed E-state index contributed by atoms with van der Waals surface area (Å²) in [6, 6.07) is 9.10. The molecule has 0 unspecified atom stereocenters. The maximum absolute atomic E-state index is 13.1. The van der Waals surface area contributed by atoms with Gasteiger partial charge in [0.1, 0.15) is 5.92 Å². The minimum atomic E-state index is -0.855. The lowest BCUT2D eigenvalue weighted by molar-refractivity contribution is -0.386. The van der Waals surface area contributed by atoms with Gasteiger partial charge in [-0.1, -0.05) is 24.3 Å². The molecule has 2 aromatic carbocycles. The van der Waals surface area contributed by atoms with Crippen LogP contribution in [0, 0.1) is 23.0 Å². The van der Waals surface area contributed by atoms with Gasteiger partial charge in [0.2, 0.25) is 11.7 Å². The fourth-order valence-electron chi connectivity index (χ4n) is 3.22. The molecule has 1 saturated heterocycles. The summed E-state index contributed by atoms with van der Waals surface area (Å²) < 4.78 is 5.07. The summed E-state index contributed by atoms with van der Waals surface area (Å²) in [5, 5.41) is 30.3. The Labute approximate surface area is 177 Å². The maximum atomic E-state index is 13.1. The molecule has 1 heterocycles. The van der Waals surface area contributed by atoms with E-state index in [0.717, 1.165) is 5.56 Å². The van der Waals surface area contributed by atoms with Crippen LogP contribution in [-0.2, 0) is 4.79 Å². The van der Waals surface area contributed by atoms with E-state index in [0.29, 0.717) is 16.9 Å². The smallest absolute Gasteiger partial charge is 0.315 e. The number of nitro benzene ring substituents is 1. The average molecular weight is 428 g/mol. The lowest BCUT2D eigenvalue weighted by atomic mass is 9.87. The maximum Gasteiger partial charge on any atom is 0.315 e. The second-order valence-electron chi connectivity index (χ2n) is 6.78. The molecule has 4 N–H and O–H groups in total. The van der Waals surface area contributed by atoms with Crippen molar-refractivity contribution in [3.63, 3.8) is 0 Å². The molecule has 1 aliphatic rings. The fraction of sp³-hybridized carbons (Fsp3) is 0.200. The van der Waals surface area contributed by atoms with Crippen molar-refractivity contribution < 1.29 is 19.6 Å². The second kappa shape index (κ2) is 8.37. The number of benzene rings is 2. The molecule has 156 valence electrons. The van der Waals surface area contributed by atoms with Crippen molar-refractivity contribution in [1.29, 1.82) is 0 Å². The first-order valence-corrected chi connectivity index (χ1v) is 9.31. The third-order valence-electron chi connectivity index (χ3n) is 4.72. The zero-order valence-corrected chi connectivity index (χ0v) is 17.1. The van der Waals surface area contributed by atoms with Crippen LogP contribution in [0.3, 0.4) is 0 Å². The second-order valence-corrected chi connectivity index (χ2v) is 7.19. The van der Waals surface area contributed by atoms with Gasteiger partial charge in [0.05, 0.1) is 18.1 Å². The van der Waals surface area contributed by atoms with Crippen LogP contribution >= 0.6 is 12.2 Å². The number of nitrogens with one attached hydrogen (secondary N) is 3. The minimum Gasteiger partial charge on any atom is -0.500 e. The largest absolute Gasteiger partial charge is 0.500 e. The van der Waals surface area contributed by atoms with Gasteiger partial charge in [-0.2, -0.15) is 0 Å². The number of carbonyl (C=O) groups is 1. The molecule has 1 fully saturated rings. The van der Waals surface area contributed by atoms with Gasteiger partial charge < -0.3 is 25.8 Å². The minimum absolute atomic E-state index is 0.0891. The molecule has 0 radical (unpaired) electrons. The topological polar surface area (TPSA) is 126 Å². The number of aromatic hydroxyl groups is 1. The number of thiocarbonyl (C=S) groups is 1. The van der Waals surface area contributed by atoms with Crippen LogP contribution in [0.4, 0.5) is 11.4 Å². The summed E-state index contributed by atoms with van der Waals surface area (Å²) >= 11 is 5.19. The van der Waals surface area contributed by atoms with Crippen LogP contribution in [0.5, 0.6) is 11.5 Å². The van der Waals surface area contributed by atoms with Gasteiger partial charge in [0.15, 0.2) is 10.9 Å². The Hall–Kier alpha value is -3.66. The number of hydrogen-bond donors (Lipinski definition) is 4.